The molecule has 0 heterocycles. The number of amides is 2. The summed E-state index contributed by atoms with van der Waals surface area (Å²) in [5.74, 6) is 0. The Morgan fingerprint density at radius 3 is 2.30 bits per heavy atom. The summed E-state index contributed by atoms with van der Waals surface area (Å²) in [4.78, 5) is 18.1. The highest BCUT2D eigenvalue weighted by Crippen LogP contribution is 2.10. The van der Waals surface area contributed by atoms with Gasteiger partial charge >= 0.3 is 6.03 Å². The van der Waals surface area contributed by atoms with Crippen molar-refractivity contribution in [2.75, 3.05) is 11.9 Å². The van der Waals surface area contributed by atoms with Crippen LogP contribution in [0.2, 0.25) is 0 Å². The van der Waals surface area contributed by atoms with Crippen LogP contribution in [0.15, 0.2) is 60.7 Å². The quantitative estimate of drug-likeness (QED) is 0.559. The fourth-order valence-electron chi connectivity index (χ4n) is 2.16. The zero-order valence-electron chi connectivity index (χ0n) is 13.6. The molecular formula is C19H24N2O2. The summed E-state index contributed by atoms with van der Waals surface area (Å²) in [6.07, 6.45) is 3.10. The Morgan fingerprint density at radius 1 is 1.00 bits per heavy atom. The Labute approximate surface area is 138 Å². The number of hydrogen-bond donors (Lipinski definition) is 1. The van der Waals surface area contributed by atoms with Gasteiger partial charge in [-0.25, -0.2) is 9.86 Å². The molecular weight excluding hydrogens is 288 g/mol. The van der Waals surface area contributed by atoms with Crippen LogP contribution in [0, 0.1) is 0 Å². The average molecular weight is 312 g/mol. The van der Waals surface area contributed by atoms with E-state index in [1.54, 1.807) is 0 Å². The fourth-order valence-corrected chi connectivity index (χ4v) is 2.16. The second kappa shape index (κ2) is 9.64. The summed E-state index contributed by atoms with van der Waals surface area (Å²) in [5.41, 5.74) is 1.81. The van der Waals surface area contributed by atoms with Crippen LogP contribution in [-0.2, 0) is 11.4 Å². The van der Waals surface area contributed by atoms with Gasteiger partial charge in [0.2, 0.25) is 0 Å². The van der Waals surface area contributed by atoms with Gasteiger partial charge in [0, 0.05) is 5.69 Å². The van der Waals surface area contributed by atoms with Crippen LogP contribution in [0.25, 0.3) is 0 Å². The maximum atomic E-state index is 12.4. The largest absolute Gasteiger partial charge is 0.345 e. The molecule has 0 radical (unpaired) electrons. The highest BCUT2D eigenvalue weighted by Gasteiger charge is 2.14. The van der Waals surface area contributed by atoms with Crippen LogP contribution in [0.1, 0.15) is 31.7 Å². The number of unbranched alkanes of at least 4 members (excludes halogenated alkanes) is 2. The van der Waals surface area contributed by atoms with Crippen molar-refractivity contribution in [3.8, 4) is 0 Å². The van der Waals surface area contributed by atoms with Crippen molar-refractivity contribution in [2.24, 2.45) is 0 Å². The van der Waals surface area contributed by atoms with Crippen LogP contribution in [0.4, 0.5) is 10.5 Å². The number of hydrogen-bond acceptors (Lipinski definition) is 2. The smallest absolute Gasteiger partial charge is 0.306 e. The Balaban J connectivity index is 1.93. The number of urea groups is 1. The average Bonchev–Trinajstić information content (AvgIpc) is 2.59. The van der Waals surface area contributed by atoms with Crippen molar-refractivity contribution in [3.63, 3.8) is 0 Å². The number of benzene rings is 2. The number of carbonyl (C=O) groups excluding carboxylic acids is 1. The Bertz CT molecular complexity index is 572. The van der Waals surface area contributed by atoms with E-state index in [1.807, 2.05) is 60.7 Å². The third kappa shape index (κ3) is 6.12. The van der Waals surface area contributed by atoms with E-state index >= 15 is 0 Å². The molecule has 0 saturated heterocycles. The molecule has 0 aromatic heterocycles. The number of rotatable bonds is 8. The minimum atomic E-state index is -0.233. The van der Waals surface area contributed by atoms with E-state index in [4.69, 9.17) is 4.84 Å². The maximum Gasteiger partial charge on any atom is 0.345 e. The van der Waals surface area contributed by atoms with Gasteiger partial charge in [0.25, 0.3) is 0 Å². The van der Waals surface area contributed by atoms with Crippen LogP contribution >= 0.6 is 0 Å². The minimum absolute atomic E-state index is 0.233. The van der Waals surface area contributed by atoms with Gasteiger partial charge in [-0.1, -0.05) is 68.3 Å². The lowest BCUT2D eigenvalue weighted by Crippen LogP contribution is -2.35. The van der Waals surface area contributed by atoms with Crippen LogP contribution in [0.3, 0.4) is 0 Å². The predicted molar refractivity (Wildman–Crippen MR) is 92.9 cm³/mol. The molecule has 4 heteroatoms. The normalized spacial score (nSPS) is 10.3. The number of nitrogens with zero attached hydrogens (tertiary/aromatic N) is 1. The molecule has 2 rings (SSSR count). The second-order valence-electron chi connectivity index (χ2n) is 5.36. The molecule has 0 bridgehead atoms. The van der Waals surface area contributed by atoms with Crippen LogP contribution < -0.4 is 5.32 Å². The van der Waals surface area contributed by atoms with E-state index in [2.05, 4.69) is 12.2 Å². The summed E-state index contributed by atoms with van der Waals surface area (Å²) in [6.45, 7) is 3.10. The zero-order valence-corrected chi connectivity index (χ0v) is 13.6. The van der Waals surface area contributed by atoms with Crippen LogP contribution in [-0.4, -0.2) is 17.6 Å². The third-order valence-electron chi connectivity index (χ3n) is 3.45. The summed E-state index contributed by atoms with van der Waals surface area (Å²) in [7, 11) is 0. The fraction of sp³-hybridized carbons (Fsp3) is 0.316. The molecule has 2 aromatic rings. The van der Waals surface area contributed by atoms with Gasteiger partial charge in [-0.3, -0.25) is 4.84 Å². The Morgan fingerprint density at radius 2 is 1.65 bits per heavy atom. The zero-order chi connectivity index (χ0) is 16.3. The number of carbonyl (C=O) groups is 1. The van der Waals surface area contributed by atoms with Gasteiger partial charge in [-0.05, 0) is 24.1 Å². The third-order valence-corrected chi connectivity index (χ3v) is 3.45. The lowest BCUT2D eigenvalue weighted by molar-refractivity contribution is -0.125. The first-order valence-corrected chi connectivity index (χ1v) is 8.10. The van der Waals surface area contributed by atoms with Crippen molar-refractivity contribution in [3.05, 3.63) is 66.2 Å². The number of hydroxylamine groups is 2. The SMILES string of the molecule is CCCCCN(OCc1ccccc1)C(=O)Nc1ccccc1. The molecule has 4 nitrogen and oxygen atoms in total. The number of anilines is 1. The van der Waals surface area contributed by atoms with Crippen molar-refractivity contribution < 1.29 is 9.63 Å². The molecule has 0 unspecified atom stereocenters. The van der Waals surface area contributed by atoms with Gasteiger partial charge in [0.1, 0.15) is 6.61 Å². The second-order valence-corrected chi connectivity index (χ2v) is 5.36. The topological polar surface area (TPSA) is 41.6 Å². The van der Waals surface area contributed by atoms with Crippen molar-refractivity contribution >= 4 is 11.7 Å². The maximum absolute atomic E-state index is 12.4. The molecule has 0 aliphatic heterocycles. The van der Waals surface area contributed by atoms with Gasteiger partial charge in [0.15, 0.2) is 0 Å². The van der Waals surface area contributed by atoms with E-state index < -0.39 is 0 Å². The first kappa shape index (κ1) is 17.0. The molecule has 122 valence electrons. The van der Waals surface area contributed by atoms with Crippen molar-refractivity contribution in [2.45, 2.75) is 32.8 Å². The Kier molecular flexibility index (Phi) is 7.14. The molecule has 0 saturated carbocycles. The molecule has 0 spiro atoms. The first-order chi connectivity index (χ1) is 11.3. The van der Waals surface area contributed by atoms with E-state index in [0.717, 1.165) is 30.5 Å². The first-order valence-electron chi connectivity index (χ1n) is 8.10. The van der Waals surface area contributed by atoms with Gasteiger partial charge < -0.3 is 5.32 Å². The Hall–Kier alpha value is -2.33. The standard InChI is InChI=1S/C19H24N2O2/c1-2-3-10-15-21(23-16-17-11-6-4-7-12-17)19(22)20-18-13-8-5-9-14-18/h4-9,11-14H,2-3,10,15-16H2,1H3,(H,20,22). The molecule has 0 atom stereocenters. The molecule has 23 heavy (non-hydrogen) atoms. The number of para-hydroxylation sites is 1. The number of nitrogens with one attached hydrogen (secondary N) is 1. The van der Waals surface area contributed by atoms with Crippen molar-refractivity contribution in [1.82, 2.24) is 5.06 Å². The van der Waals surface area contributed by atoms with Gasteiger partial charge in [0.05, 0.1) is 6.54 Å². The summed E-state index contributed by atoms with van der Waals surface area (Å²) >= 11 is 0. The lowest BCUT2D eigenvalue weighted by Gasteiger charge is -2.22. The monoisotopic (exact) mass is 312 g/mol. The lowest BCUT2D eigenvalue weighted by atomic mass is 10.2. The van der Waals surface area contributed by atoms with Crippen molar-refractivity contribution in [1.29, 1.82) is 0 Å². The summed E-state index contributed by atoms with van der Waals surface area (Å²) in [6, 6.07) is 19.0. The highest BCUT2D eigenvalue weighted by atomic mass is 16.7. The molecule has 2 amide bonds. The molecule has 0 fully saturated rings. The summed E-state index contributed by atoms with van der Waals surface area (Å²) < 4.78 is 0. The van der Waals surface area contributed by atoms with E-state index in [1.165, 1.54) is 5.06 Å². The predicted octanol–water partition coefficient (Wildman–Crippen LogP) is 4.84. The molecule has 0 aliphatic rings. The van der Waals surface area contributed by atoms with E-state index in [0.29, 0.717) is 13.2 Å². The van der Waals surface area contributed by atoms with Gasteiger partial charge in [-0.15, -0.1) is 0 Å². The molecule has 2 aromatic carbocycles. The van der Waals surface area contributed by atoms with Gasteiger partial charge in [-0.2, -0.15) is 0 Å². The molecule has 1 N–H and O–H groups in total. The van der Waals surface area contributed by atoms with E-state index in [9.17, 15) is 4.79 Å². The van der Waals surface area contributed by atoms with E-state index in [-0.39, 0.29) is 6.03 Å². The minimum Gasteiger partial charge on any atom is -0.306 e. The summed E-state index contributed by atoms with van der Waals surface area (Å²) in [5, 5.41) is 4.29. The highest BCUT2D eigenvalue weighted by molar-refractivity contribution is 5.88. The van der Waals surface area contributed by atoms with Crippen LogP contribution in [0.5, 0.6) is 0 Å². The molecule has 0 aliphatic carbocycles.